The number of amides is 2. The average molecular weight is 292 g/mol. The summed E-state index contributed by atoms with van der Waals surface area (Å²) in [6.07, 6.45) is 2.20. The molecule has 0 aliphatic carbocycles. The smallest absolute Gasteiger partial charge is 0.326 e. The lowest BCUT2D eigenvalue weighted by Gasteiger charge is -2.24. The number of nitrogens with one attached hydrogen (secondary N) is 1. The van der Waals surface area contributed by atoms with Crippen LogP contribution in [0.15, 0.2) is 30.3 Å². The Hall–Kier alpha value is -2.04. The van der Waals surface area contributed by atoms with Crippen molar-refractivity contribution in [2.75, 3.05) is 13.1 Å². The van der Waals surface area contributed by atoms with Gasteiger partial charge in [0.2, 0.25) is 0 Å². The van der Waals surface area contributed by atoms with E-state index in [1.807, 2.05) is 37.3 Å². The van der Waals surface area contributed by atoms with Crippen LogP contribution in [0.3, 0.4) is 0 Å². The van der Waals surface area contributed by atoms with Gasteiger partial charge in [0, 0.05) is 19.5 Å². The van der Waals surface area contributed by atoms with Gasteiger partial charge in [-0.05, 0) is 18.9 Å². The molecule has 0 saturated carbocycles. The Morgan fingerprint density at radius 3 is 2.43 bits per heavy atom. The molecule has 1 aromatic carbocycles. The summed E-state index contributed by atoms with van der Waals surface area (Å²) >= 11 is 0. The monoisotopic (exact) mass is 292 g/mol. The zero-order chi connectivity index (χ0) is 15.7. The van der Waals surface area contributed by atoms with Crippen LogP contribution in [0.4, 0.5) is 4.79 Å². The van der Waals surface area contributed by atoms with Crippen LogP contribution in [0.25, 0.3) is 0 Å². The molecule has 0 spiro atoms. The molecule has 0 heterocycles. The molecule has 0 radical (unpaired) electrons. The van der Waals surface area contributed by atoms with Crippen LogP contribution in [-0.4, -0.2) is 41.1 Å². The molecule has 1 aromatic rings. The number of hydrogen-bond donors (Lipinski definition) is 2. The van der Waals surface area contributed by atoms with Gasteiger partial charge in [-0.15, -0.1) is 0 Å². The molecule has 116 valence electrons. The summed E-state index contributed by atoms with van der Waals surface area (Å²) in [5.41, 5.74) is 0.891. The largest absolute Gasteiger partial charge is 0.480 e. The molecule has 5 heteroatoms. The molecule has 0 aromatic heterocycles. The predicted molar refractivity (Wildman–Crippen MR) is 82.3 cm³/mol. The standard InChI is InChI=1S/C16H24N2O3/c1-3-5-11-18(4-2)16(21)17-14(15(19)20)12-13-9-7-6-8-10-13/h6-10,14H,3-5,11-12H2,1-2H3,(H,17,21)(H,19,20)/t14-/m0/s1. The van der Waals surface area contributed by atoms with Gasteiger partial charge in [-0.25, -0.2) is 9.59 Å². The van der Waals surface area contributed by atoms with Gasteiger partial charge in [-0.3, -0.25) is 0 Å². The fraction of sp³-hybridized carbons (Fsp3) is 0.500. The predicted octanol–water partition coefficient (Wildman–Crippen LogP) is 2.51. The Labute approximate surface area is 126 Å². The van der Waals surface area contributed by atoms with Crippen LogP contribution in [0, 0.1) is 0 Å². The number of hydrogen-bond acceptors (Lipinski definition) is 2. The quantitative estimate of drug-likeness (QED) is 0.773. The second kappa shape index (κ2) is 9.00. The number of carbonyl (C=O) groups is 2. The van der Waals surface area contributed by atoms with Crippen molar-refractivity contribution in [1.29, 1.82) is 0 Å². The summed E-state index contributed by atoms with van der Waals surface area (Å²) in [5, 5.41) is 11.9. The number of urea groups is 1. The average Bonchev–Trinajstić information content (AvgIpc) is 2.48. The Balaban J connectivity index is 2.65. The maximum absolute atomic E-state index is 12.1. The lowest BCUT2D eigenvalue weighted by atomic mass is 10.1. The molecule has 0 aliphatic rings. The van der Waals surface area contributed by atoms with Gasteiger partial charge in [0.25, 0.3) is 0 Å². The van der Waals surface area contributed by atoms with Gasteiger partial charge in [0.1, 0.15) is 6.04 Å². The van der Waals surface area contributed by atoms with Crippen molar-refractivity contribution in [3.8, 4) is 0 Å². The minimum atomic E-state index is -1.02. The van der Waals surface area contributed by atoms with Crippen molar-refractivity contribution in [2.45, 2.75) is 39.2 Å². The second-order valence-electron chi connectivity index (χ2n) is 4.96. The summed E-state index contributed by atoms with van der Waals surface area (Å²) in [5.74, 6) is -1.02. The Morgan fingerprint density at radius 1 is 1.24 bits per heavy atom. The third-order valence-electron chi connectivity index (χ3n) is 3.33. The first-order valence-electron chi connectivity index (χ1n) is 7.40. The number of aliphatic carboxylic acids is 1. The Morgan fingerprint density at radius 2 is 1.90 bits per heavy atom. The van der Waals surface area contributed by atoms with Crippen molar-refractivity contribution in [1.82, 2.24) is 10.2 Å². The van der Waals surface area contributed by atoms with Crippen LogP contribution in [0.5, 0.6) is 0 Å². The van der Waals surface area contributed by atoms with E-state index in [1.165, 1.54) is 0 Å². The Bertz CT molecular complexity index is 448. The van der Waals surface area contributed by atoms with Crippen LogP contribution in [0.1, 0.15) is 32.3 Å². The van der Waals surface area contributed by atoms with Crippen molar-refractivity contribution in [3.63, 3.8) is 0 Å². The van der Waals surface area contributed by atoms with Gasteiger partial charge in [0.05, 0.1) is 0 Å². The molecule has 1 rings (SSSR count). The zero-order valence-corrected chi connectivity index (χ0v) is 12.7. The van der Waals surface area contributed by atoms with Crippen molar-refractivity contribution in [2.24, 2.45) is 0 Å². The summed E-state index contributed by atoms with van der Waals surface area (Å²) < 4.78 is 0. The highest BCUT2D eigenvalue weighted by molar-refractivity contribution is 5.82. The van der Waals surface area contributed by atoms with E-state index in [1.54, 1.807) is 4.90 Å². The minimum absolute atomic E-state index is 0.285. The highest BCUT2D eigenvalue weighted by Crippen LogP contribution is 2.05. The molecular weight excluding hydrogens is 268 g/mol. The first-order chi connectivity index (χ1) is 10.1. The van der Waals surface area contributed by atoms with Gasteiger partial charge in [-0.1, -0.05) is 43.7 Å². The van der Waals surface area contributed by atoms with E-state index >= 15 is 0 Å². The van der Waals surface area contributed by atoms with Crippen LogP contribution in [-0.2, 0) is 11.2 Å². The van der Waals surface area contributed by atoms with Crippen molar-refractivity contribution < 1.29 is 14.7 Å². The fourth-order valence-electron chi connectivity index (χ4n) is 2.04. The topological polar surface area (TPSA) is 69.6 Å². The number of rotatable bonds is 8. The van der Waals surface area contributed by atoms with E-state index < -0.39 is 12.0 Å². The third kappa shape index (κ3) is 5.85. The molecule has 2 N–H and O–H groups in total. The molecule has 2 amide bonds. The van der Waals surface area contributed by atoms with Crippen LogP contribution < -0.4 is 5.32 Å². The number of unbranched alkanes of at least 4 members (excludes halogenated alkanes) is 1. The van der Waals surface area contributed by atoms with Gasteiger partial charge in [-0.2, -0.15) is 0 Å². The number of nitrogens with zero attached hydrogens (tertiary/aromatic N) is 1. The molecule has 0 aliphatic heterocycles. The van der Waals surface area contributed by atoms with Gasteiger partial charge >= 0.3 is 12.0 Å². The molecule has 1 atom stereocenters. The van der Waals surface area contributed by atoms with E-state index in [0.29, 0.717) is 13.1 Å². The van der Waals surface area contributed by atoms with Crippen molar-refractivity contribution in [3.05, 3.63) is 35.9 Å². The molecule has 0 bridgehead atoms. The number of carboxylic acids is 1. The molecule has 5 nitrogen and oxygen atoms in total. The summed E-state index contributed by atoms with van der Waals surface area (Å²) in [6, 6.07) is 8.09. The number of benzene rings is 1. The van der Waals surface area contributed by atoms with E-state index in [0.717, 1.165) is 18.4 Å². The van der Waals surface area contributed by atoms with E-state index in [-0.39, 0.29) is 12.5 Å². The van der Waals surface area contributed by atoms with Crippen LogP contribution >= 0.6 is 0 Å². The lowest BCUT2D eigenvalue weighted by Crippen LogP contribution is -2.49. The van der Waals surface area contributed by atoms with E-state index in [4.69, 9.17) is 0 Å². The lowest BCUT2D eigenvalue weighted by molar-refractivity contribution is -0.139. The normalized spacial score (nSPS) is 11.7. The van der Waals surface area contributed by atoms with Crippen LogP contribution in [0.2, 0.25) is 0 Å². The third-order valence-corrected chi connectivity index (χ3v) is 3.33. The SMILES string of the molecule is CCCCN(CC)C(=O)N[C@@H](Cc1ccccc1)C(=O)O. The first-order valence-corrected chi connectivity index (χ1v) is 7.40. The molecule has 0 saturated heterocycles. The van der Waals surface area contributed by atoms with Gasteiger partial charge in [0.15, 0.2) is 0 Å². The zero-order valence-electron chi connectivity index (χ0n) is 12.7. The molecule has 0 unspecified atom stereocenters. The minimum Gasteiger partial charge on any atom is -0.480 e. The maximum Gasteiger partial charge on any atom is 0.326 e. The second-order valence-corrected chi connectivity index (χ2v) is 4.96. The number of carboxylic acid groups (broad SMARTS) is 1. The summed E-state index contributed by atoms with van der Waals surface area (Å²) in [7, 11) is 0. The highest BCUT2D eigenvalue weighted by Gasteiger charge is 2.22. The molecule has 21 heavy (non-hydrogen) atoms. The Kier molecular flexibility index (Phi) is 7.29. The summed E-state index contributed by atoms with van der Waals surface area (Å²) in [4.78, 5) is 25.1. The van der Waals surface area contributed by atoms with Gasteiger partial charge < -0.3 is 15.3 Å². The van der Waals surface area contributed by atoms with Crippen molar-refractivity contribution >= 4 is 12.0 Å². The molecular formula is C16H24N2O3. The van der Waals surface area contributed by atoms with E-state index in [9.17, 15) is 14.7 Å². The molecule has 0 fully saturated rings. The maximum atomic E-state index is 12.1. The summed E-state index contributed by atoms with van der Waals surface area (Å²) in [6.45, 7) is 5.17. The van der Waals surface area contributed by atoms with E-state index in [2.05, 4.69) is 12.2 Å². The fourth-order valence-corrected chi connectivity index (χ4v) is 2.04. The first kappa shape index (κ1) is 17.0. The highest BCUT2D eigenvalue weighted by atomic mass is 16.4. The number of carbonyl (C=O) groups excluding carboxylic acids is 1.